The number of amides is 1. The molecular weight excluding hydrogens is 260 g/mol. The van der Waals surface area contributed by atoms with Gasteiger partial charge in [-0.15, -0.1) is 0 Å². The van der Waals surface area contributed by atoms with Crippen LogP contribution >= 0.6 is 11.6 Å². The molecule has 0 bridgehead atoms. The largest absolute Gasteiger partial charge is 0.399 e. The van der Waals surface area contributed by atoms with Crippen molar-refractivity contribution in [1.29, 1.82) is 0 Å². The van der Waals surface area contributed by atoms with Crippen molar-refractivity contribution in [2.24, 2.45) is 5.41 Å². The number of anilines is 1. The molecule has 1 saturated carbocycles. The van der Waals surface area contributed by atoms with Gasteiger partial charge in [0.05, 0.1) is 10.6 Å². The number of nitrogens with two attached hydrogens (primary N) is 1. The van der Waals surface area contributed by atoms with Crippen molar-refractivity contribution in [3.63, 3.8) is 0 Å². The highest BCUT2D eigenvalue weighted by Gasteiger charge is 2.32. The second kappa shape index (κ2) is 5.83. The Morgan fingerprint density at radius 2 is 2.11 bits per heavy atom. The van der Waals surface area contributed by atoms with E-state index in [1.165, 1.54) is 25.7 Å². The molecule has 1 aromatic rings. The minimum atomic E-state index is -0.107. The molecule has 1 aliphatic carbocycles. The maximum atomic E-state index is 12.2. The van der Waals surface area contributed by atoms with Crippen LogP contribution in [0, 0.1) is 5.41 Å². The maximum absolute atomic E-state index is 12.2. The Labute approximate surface area is 119 Å². The SMILES string of the molecule is CCC1(CNC(=O)c2ccc(N)cc2Cl)CCCC1. The molecule has 1 aromatic carbocycles. The van der Waals surface area contributed by atoms with E-state index in [-0.39, 0.29) is 11.3 Å². The molecule has 4 heteroatoms. The molecule has 1 fully saturated rings. The zero-order valence-electron chi connectivity index (χ0n) is 11.3. The Morgan fingerprint density at radius 1 is 1.42 bits per heavy atom. The summed E-state index contributed by atoms with van der Waals surface area (Å²) in [5.74, 6) is -0.107. The molecule has 1 amide bonds. The molecule has 0 saturated heterocycles. The number of hydrogen-bond acceptors (Lipinski definition) is 2. The summed E-state index contributed by atoms with van der Waals surface area (Å²) < 4.78 is 0. The van der Waals surface area contributed by atoms with Crippen LogP contribution in [0.4, 0.5) is 5.69 Å². The Balaban J connectivity index is 2.01. The van der Waals surface area contributed by atoms with Gasteiger partial charge in [0.1, 0.15) is 0 Å². The zero-order valence-corrected chi connectivity index (χ0v) is 12.1. The van der Waals surface area contributed by atoms with Crippen LogP contribution < -0.4 is 11.1 Å². The molecule has 3 nitrogen and oxygen atoms in total. The summed E-state index contributed by atoms with van der Waals surface area (Å²) in [6.45, 7) is 2.94. The third kappa shape index (κ3) is 3.21. The minimum Gasteiger partial charge on any atom is -0.399 e. The lowest BCUT2D eigenvalue weighted by Gasteiger charge is -2.27. The number of benzene rings is 1. The third-order valence-electron chi connectivity index (χ3n) is 4.28. The monoisotopic (exact) mass is 280 g/mol. The van der Waals surface area contributed by atoms with E-state index >= 15 is 0 Å². The van der Waals surface area contributed by atoms with E-state index < -0.39 is 0 Å². The zero-order chi connectivity index (χ0) is 13.9. The Hall–Kier alpha value is -1.22. The number of carbonyl (C=O) groups excluding carboxylic acids is 1. The van der Waals surface area contributed by atoms with E-state index in [1.807, 2.05) is 0 Å². The number of hydrogen-bond donors (Lipinski definition) is 2. The average molecular weight is 281 g/mol. The van der Waals surface area contributed by atoms with Crippen LogP contribution in [-0.2, 0) is 0 Å². The third-order valence-corrected chi connectivity index (χ3v) is 4.59. The quantitative estimate of drug-likeness (QED) is 0.828. The highest BCUT2D eigenvalue weighted by atomic mass is 35.5. The number of carbonyl (C=O) groups is 1. The van der Waals surface area contributed by atoms with Gasteiger partial charge < -0.3 is 11.1 Å². The number of rotatable bonds is 4. The molecule has 19 heavy (non-hydrogen) atoms. The molecule has 0 spiro atoms. The summed E-state index contributed by atoms with van der Waals surface area (Å²) in [5.41, 5.74) is 6.99. The van der Waals surface area contributed by atoms with Gasteiger partial charge in [-0.1, -0.05) is 31.4 Å². The first-order valence-electron chi connectivity index (χ1n) is 6.89. The minimum absolute atomic E-state index is 0.107. The van der Waals surface area contributed by atoms with Gasteiger partial charge in [0.15, 0.2) is 0 Å². The van der Waals surface area contributed by atoms with Crippen LogP contribution in [0.3, 0.4) is 0 Å². The summed E-state index contributed by atoms with van der Waals surface area (Å²) in [5, 5.41) is 3.44. The average Bonchev–Trinajstić information content (AvgIpc) is 2.85. The summed E-state index contributed by atoms with van der Waals surface area (Å²) in [7, 11) is 0. The van der Waals surface area contributed by atoms with E-state index in [0.29, 0.717) is 16.3 Å². The normalized spacial score (nSPS) is 17.4. The highest BCUT2D eigenvalue weighted by Crippen LogP contribution is 2.40. The standard InChI is InChI=1S/C15H21ClN2O/c1-2-15(7-3-4-8-15)10-18-14(19)12-6-5-11(17)9-13(12)16/h5-6,9H,2-4,7-8,10,17H2,1H3,(H,18,19). The Morgan fingerprint density at radius 3 is 2.68 bits per heavy atom. The number of nitrogen functional groups attached to an aromatic ring is 1. The van der Waals surface area contributed by atoms with Crippen LogP contribution in [0.15, 0.2) is 18.2 Å². The van der Waals surface area contributed by atoms with Crippen LogP contribution in [0.25, 0.3) is 0 Å². The predicted molar refractivity (Wildman–Crippen MR) is 79.4 cm³/mol. The van der Waals surface area contributed by atoms with Crippen molar-refractivity contribution in [3.8, 4) is 0 Å². The lowest BCUT2D eigenvalue weighted by Crippen LogP contribution is -2.35. The second-order valence-corrected chi connectivity index (χ2v) is 5.89. The van der Waals surface area contributed by atoms with Gasteiger partial charge in [0.2, 0.25) is 0 Å². The van der Waals surface area contributed by atoms with Gasteiger partial charge in [0, 0.05) is 12.2 Å². The van der Waals surface area contributed by atoms with Gasteiger partial charge in [-0.2, -0.15) is 0 Å². The van der Waals surface area contributed by atoms with Crippen LogP contribution in [0.2, 0.25) is 5.02 Å². The lowest BCUT2D eigenvalue weighted by atomic mass is 9.83. The molecule has 0 atom stereocenters. The van der Waals surface area contributed by atoms with Crippen molar-refractivity contribution in [2.75, 3.05) is 12.3 Å². The van der Waals surface area contributed by atoms with E-state index in [2.05, 4.69) is 12.2 Å². The first-order valence-corrected chi connectivity index (χ1v) is 7.27. The van der Waals surface area contributed by atoms with E-state index in [1.54, 1.807) is 18.2 Å². The van der Waals surface area contributed by atoms with E-state index in [0.717, 1.165) is 13.0 Å². The molecule has 3 N–H and O–H groups in total. The topological polar surface area (TPSA) is 55.1 Å². The van der Waals surface area contributed by atoms with Gasteiger partial charge in [-0.25, -0.2) is 0 Å². The van der Waals surface area contributed by atoms with Gasteiger partial charge in [-0.05, 0) is 42.9 Å². The Kier molecular flexibility index (Phi) is 4.35. The van der Waals surface area contributed by atoms with Crippen molar-refractivity contribution in [3.05, 3.63) is 28.8 Å². The molecule has 2 rings (SSSR count). The summed E-state index contributed by atoms with van der Waals surface area (Å²) in [4.78, 5) is 12.2. The predicted octanol–water partition coefficient (Wildman–Crippen LogP) is 3.62. The fraction of sp³-hybridized carbons (Fsp3) is 0.533. The van der Waals surface area contributed by atoms with Gasteiger partial charge >= 0.3 is 0 Å². The fourth-order valence-corrected chi connectivity index (χ4v) is 3.13. The van der Waals surface area contributed by atoms with Crippen LogP contribution in [0.1, 0.15) is 49.4 Å². The molecule has 0 unspecified atom stereocenters. The smallest absolute Gasteiger partial charge is 0.252 e. The number of nitrogens with one attached hydrogen (secondary N) is 1. The first kappa shape index (κ1) is 14.2. The molecular formula is C15H21ClN2O. The molecule has 0 aromatic heterocycles. The number of halogens is 1. The molecule has 1 aliphatic rings. The van der Waals surface area contributed by atoms with Gasteiger partial charge in [0.25, 0.3) is 5.91 Å². The van der Waals surface area contributed by atoms with Crippen LogP contribution in [0.5, 0.6) is 0 Å². The van der Waals surface area contributed by atoms with E-state index in [4.69, 9.17) is 17.3 Å². The first-order chi connectivity index (χ1) is 9.06. The lowest BCUT2D eigenvalue weighted by molar-refractivity contribution is 0.0929. The summed E-state index contributed by atoms with van der Waals surface area (Å²) in [6, 6.07) is 4.99. The Bertz CT molecular complexity index is 467. The molecule has 0 aliphatic heterocycles. The molecule has 104 valence electrons. The molecule has 0 heterocycles. The fourth-order valence-electron chi connectivity index (χ4n) is 2.86. The van der Waals surface area contributed by atoms with Crippen molar-refractivity contribution < 1.29 is 4.79 Å². The van der Waals surface area contributed by atoms with Crippen molar-refractivity contribution in [1.82, 2.24) is 5.32 Å². The van der Waals surface area contributed by atoms with Crippen molar-refractivity contribution in [2.45, 2.75) is 39.0 Å². The molecule has 0 radical (unpaired) electrons. The second-order valence-electron chi connectivity index (χ2n) is 5.48. The summed E-state index contributed by atoms with van der Waals surface area (Å²) in [6.07, 6.45) is 6.07. The van der Waals surface area contributed by atoms with Crippen molar-refractivity contribution >= 4 is 23.2 Å². The van der Waals surface area contributed by atoms with Gasteiger partial charge in [-0.3, -0.25) is 4.79 Å². The van der Waals surface area contributed by atoms with E-state index in [9.17, 15) is 4.79 Å². The maximum Gasteiger partial charge on any atom is 0.252 e. The highest BCUT2D eigenvalue weighted by molar-refractivity contribution is 6.34. The van der Waals surface area contributed by atoms with Crippen LogP contribution in [-0.4, -0.2) is 12.5 Å². The summed E-state index contributed by atoms with van der Waals surface area (Å²) >= 11 is 6.05.